The van der Waals surface area contributed by atoms with Crippen molar-refractivity contribution in [2.75, 3.05) is 0 Å². The van der Waals surface area contributed by atoms with Gasteiger partial charge in [-0.1, -0.05) is 29.8 Å². The number of allylic oxidation sites excluding steroid dienone is 2. The summed E-state index contributed by atoms with van der Waals surface area (Å²) in [6.07, 6.45) is 4.84. The third-order valence-corrected chi connectivity index (χ3v) is 3.77. The van der Waals surface area contributed by atoms with Gasteiger partial charge in [-0.15, -0.1) is 28.2 Å². The zero-order chi connectivity index (χ0) is 16.4. The van der Waals surface area contributed by atoms with Crippen molar-refractivity contribution in [3.8, 4) is 11.4 Å². The van der Waals surface area contributed by atoms with Gasteiger partial charge in [0, 0.05) is 10.6 Å². The van der Waals surface area contributed by atoms with Crippen LogP contribution in [0.2, 0.25) is 5.02 Å². The van der Waals surface area contributed by atoms with Crippen LogP contribution in [-0.2, 0) is 12.8 Å². The minimum Gasteiger partial charge on any atom is -0.505 e. The topological polar surface area (TPSA) is 50.9 Å². The number of benzene rings is 2. The monoisotopic (exact) mass is 325 g/mol. The van der Waals surface area contributed by atoms with Gasteiger partial charge in [0.15, 0.2) is 0 Å². The highest BCUT2D eigenvalue weighted by Crippen LogP contribution is 2.29. The molecule has 3 rings (SSSR count). The van der Waals surface area contributed by atoms with E-state index in [0.717, 1.165) is 11.1 Å². The number of halogens is 1. The lowest BCUT2D eigenvalue weighted by Gasteiger charge is -2.10. The quantitative estimate of drug-likeness (QED) is 0.714. The zero-order valence-electron chi connectivity index (χ0n) is 12.5. The Balaban J connectivity index is 2.18. The predicted molar refractivity (Wildman–Crippen MR) is 93.3 cm³/mol. The van der Waals surface area contributed by atoms with Crippen molar-refractivity contribution in [3.05, 3.63) is 71.8 Å². The molecule has 1 heterocycles. The fourth-order valence-corrected chi connectivity index (χ4v) is 2.65. The summed E-state index contributed by atoms with van der Waals surface area (Å²) in [4.78, 5) is 1.44. The molecule has 0 spiro atoms. The number of nitrogens with zero attached hydrogens (tertiary/aromatic N) is 3. The van der Waals surface area contributed by atoms with Crippen molar-refractivity contribution in [2.24, 2.45) is 0 Å². The van der Waals surface area contributed by atoms with Gasteiger partial charge in [0.25, 0.3) is 0 Å². The zero-order valence-corrected chi connectivity index (χ0v) is 13.3. The summed E-state index contributed by atoms with van der Waals surface area (Å²) in [7, 11) is 0. The highest BCUT2D eigenvalue weighted by Gasteiger charge is 2.14. The minimum absolute atomic E-state index is 0.157. The van der Waals surface area contributed by atoms with Crippen LogP contribution in [0, 0.1) is 0 Å². The average molecular weight is 326 g/mol. The maximum atomic E-state index is 10.5. The summed E-state index contributed by atoms with van der Waals surface area (Å²) in [6.45, 7) is 7.50. The molecule has 0 radical (unpaired) electrons. The van der Waals surface area contributed by atoms with Crippen molar-refractivity contribution in [1.29, 1.82) is 0 Å². The van der Waals surface area contributed by atoms with Gasteiger partial charge in [-0.3, -0.25) is 0 Å². The van der Waals surface area contributed by atoms with E-state index in [1.54, 1.807) is 24.3 Å². The molecule has 0 saturated carbocycles. The minimum atomic E-state index is 0.157. The van der Waals surface area contributed by atoms with E-state index < -0.39 is 0 Å². The van der Waals surface area contributed by atoms with Crippen LogP contribution in [0.25, 0.3) is 16.7 Å². The SMILES string of the molecule is C=CCc1cc(CC=C)c(O)c(-n2nc3ccc(Cl)cc3n2)c1. The van der Waals surface area contributed by atoms with E-state index in [0.29, 0.717) is 34.6 Å². The van der Waals surface area contributed by atoms with Crippen LogP contribution in [0.3, 0.4) is 0 Å². The van der Waals surface area contributed by atoms with E-state index >= 15 is 0 Å². The van der Waals surface area contributed by atoms with Gasteiger partial charge >= 0.3 is 0 Å². The first-order valence-corrected chi connectivity index (χ1v) is 7.59. The summed E-state index contributed by atoms with van der Waals surface area (Å²) in [6, 6.07) is 9.12. The first kappa shape index (κ1) is 15.3. The van der Waals surface area contributed by atoms with Crippen molar-refractivity contribution in [1.82, 2.24) is 15.0 Å². The van der Waals surface area contributed by atoms with E-state index in [1.807, 2.05) is 18.2 Å². The van der Waals surface area contributed by atoms with Crippen molar-refractivity contribution in [2.45, 2.75) is 12.8 Å². The number of phenolic OH excluding ortho intramolecular Hbond substituents is 1. The molecule has 0 aliphatic rings. The van der Waals surface area contributed by atoms with Crippen LogP contribution in [0.1, 0.15) is 11.1 Å². The van der Waals surface area contributed by atoms with Gasteiger partial charge in [-0.25, -0.2) is 0 Å². The molecule has 1 aromatic heterocycles. The molecule has 5 heteroatoms. The average Bonchev–Trinajstić information content (AvgIpc) is 2.93. The Labute approximate surface area is 139 Å². The summed E-state index contributed by atoms with van der Waals surface area (Å²) >= 11 is 5.99. The largest absolute Gasteiger partial charge is 0.505 e. The van der Waals surface area contributed by atoms with Gasteiger partial charge in [0.05, 0.1) is 0 Å². The molecule has 0 saturated heterocycles. The van der Waals surface area contributed by atoms with E-state index in [-0.39, 0.29) is 5.75 Å². The van der Waals surface area contributed by atoms with Crippen molar-refractivity contribution >= 4 is 22.6 Å². The van der Waals surface area contributed by atoms with Crippen LogP contribution in [0.15, 0.2) is 55.6 Å². The number of aromatic nitrogens is 3. The number of aromatic hydroxyl groups is 1. The predicted octanol–water partition coefficient (Wildman–Crippen LogP) is 4.24. The second kappa shape index (κ2) is 6.26. The highest BCUT2D eigenvalue weighted by molar-refractivity contribution is 6.31. The molecule has 0 aliphatic heterocycles. The maximum absolute atomic E-state index is 10.5. The number of rotatable bonds is 5. The van der Waals surface area contributed by atoms with Gasteiger partial charge in [0.2, 0.25) is 0 Å². The molecule has 0 amide bonds. The molecule has 0 bridgehead atoms. The third kappa shape index (κ3) is 2.98. The van der Waals surface area contributed by atoms with Gasteiger partial charge in [-0.2, -0.15) is 0 Å². The van der Waals surface area contributed by atoms with Crippen molar-refractivity contribution in [3.63, 3.8) is 0 Å². The second-order valence-corrected chi connectivity index (χ2v) is 5.67. The molecule has 1 N–H and O–H groups in total. The maximum Gasteiger partial charge on any atom is 0.146 e. The molecule has 2 aromatic carbocycles. The van der Waals surface area contributed by atoms with E-state index in [4.69, 9.17) is 11.6 Å². The van der Waals surface area contributed by atoms with Gasteiger partial charge in [0.1, 0.15) is 22.5 Å². The fraction of sp³-hybridized carbons (Fsp3) is 0.111. The van der Waals surface area contributed by atoms with Crippen LogP contribution < -0.4 is 0 Å². The molecule has 0 unspecified atom stereocenters. The summed E-state index contributed by atoms with van der Waals surface area (Å²) in [5, 5.41) is 20.0. The number of fused-ring (bicyclic) bond motifs is 1. The third-order valence-electron chi connectivity index (χ3n) is 3.53. The van der Waals surface area contributed by atoms with Gasteiger partial charge in [-0.05, 0) is 42.7 Å². The molecular weight excluding hydrogens is 310 g/mol. The standard InChI is InChI=1S/C18H16ClN3O/c1-3-5-12-9-13(6-4-2)18(23)17(10-12)22-20-15-8-7-14(19)11-16(15)21-22/h3-4,7-11,23H,1-2,5-6H2. The molecular formula is C18H16ClN3O. The first-order chi connectivity index (χ1) is 11.1. The molecule has 0 atom stereocenters. The number of hydrogen-bond donors (Lipinski definition) is 1. The Bertz CT molecular complexity index is 899. The molecule has 116 valence electrons. The molecule has 23 heavy (non-hydrogen) atoms. The number of hydrogen-bond acceptors (Lipinski definition) is 3. The van der Waals surface area contributed by atoms with Crippen LogP contribution in [0.5, 0.6) is 5.75 Å². The smallest absolute Gasteiger partial charge is 0.146 e. The lowest BCUT2D eigenvalue weighted by Crippen LogP contribution is -2.02. The molecule has 3 aromatic rings. The Kier molecular flexibility index (Phi) is 4.17. The van der Waals surface area contributed by atoms with E-state index in [1.165, 1.54) is 4.80 Å². The summed E-state index contributed by atoms with van der Waals surface area (Å²) in [5.74, 6) is 0.157. The van der Waals surface area contributed by atoms with Crippen LogP contribution in [-0.4, -0.2) is 20.1 Å². The van der Waals surface area contributed by atoms with Gasteiger partial charge < -0.3 is 5.11 Å². The lowest BCUT2D eigenvalue weighted by atomic mass is 10.0. The molecule has 4 nitrogen and oxygen atoms in total. The summed E-state index contributed by atoms with van der Waals surface area (Å²) in [5.41, 5.74) is 3.75. The fourth-order valence-electron chi connectivity index (χ4n) is 2.49. The molecule has 0 fully saturated rings. The van der Waals surface area contributed by atoms with E-state index in [9.17, 15) is 5.11 Å². The Hall–Kier alpha value is -2.59. The molecule has 0 aliphatic carbocycles. The Morgan fingerprint density at radius 2 is 1.78 bits per heavy atom. The Morgan fingerprint density at radius 3 is 2.52 bits per heavy atom. The number of phenols is 1. The second-order valence-electron chi connectivity index (χ2n) is 5.23. The Morgan fingerprint density at radius 1 is 1.04 bits per heavy atom. The van der Waals surface area contributed by atoms with E-state index in [2.05, 4.69) is 23.4 Å². The van der Waals surface area contributed by atoms with Crippen molar-refractivity contribution < 1.29 is 5.11 Å². The normalized spacial score (nSPS) is 10.8. The highest BCUT2D eigenvalue weighted by atomic mass is 35.5. The van der Waals surface area contributed by atoms with Crippen LogP contribution in [0.4, 0.5) is 0 Å². The van der Waals surface area contributed by atoms with Crippen LogP contribution >= 0.6 is 11.6 Å². The summed E-state index contributed by atoms with van der Waals surface area (Å²) < 4.78 is 0. The first-order valence-electron chi connectivity index (χ1n) is 7.22. The lowest BCUT2D eigenvalue weighted by molar-refractivity contribution is 0.462.